The minimum Gasteiger partial charge on any atom is -0.465 e. The second kappa shape index (κ2) is 13.0. The standard InChI is InChI=1S/C34H38Cl2FN5O4S/c1-18(2)27-28(31(44)41-19(3)5-14-26(41)30(43)40-16-21(15-37)25(17-40)38-33(45)46)47-32-39-34(4,22-8-12-24(36)13-9-22)29(42(27)32)20-6-10-23(35)11-7-20/h6-13,18-19,21,25-26,29,38H,5,14-17H2,1-4H3,(H,45,46)/t19-,21+,25-,26+,29-,34+/m1/s1. The summed E-state index contributed by atoms with van der Waals surface area (Å²) in [5, 5.41) is 13.5. The molecule has 0 aliphatic carbocycles. The Morgan fingerprint density at radius 1 is 1.06 bits per heavy atom. The number of halogens is 3. The third kappa shape index (κ3) is 5.99. The molecule has 2 saturated heterocycles. The molecule has 4 heterocycles. The first-order valence-corrected chi connectivity index (χ1v) is 17.4. The van der Waals surface area contributed by atoms with E-state index >= 15 is 0 Å². The first kappa shape index (κ1) is 33.6. The number of alkyl halides is 1. The van der Waals surface area contributed by atoms with E-state index in [1.165, 1.54) is 16.7 Å². The van der Waals surface area contributed by atoms with Gasteiger partial charge in [0, 0.05) is 40.8 Å². The molecule has 4 aliphatic rings. The van der Waals surface area contributed by atoms with E-state index in [4.69, 9.17) is 28.2 Å². The lowest BCUT2D eigenvalue weighted by Crippen LogP contribution is -2.50. The molecule has 3 amide bonds. The molecular weight excluding hydrogens is 664 g/mol. The van der Waals surface area contributed by atoms with Crippen molar-refractivity contribution in [2.24, 2.45) is 16.8 Å². The Labute approximate surface area is 288 Å². The van der Waals surface area contributed by atoms with Gasteiger partial charge >= 0.3 is 6.09 Å². The predicted octanol–water partition coefficient (Wildman–Crippen LogP) is 6.68. The number of fused-ring (bicyclic) bond motifs is 1. The van der Waals surface area contributed by atoms with Crippen LogP contribution in [0.1, 0.15) is 57.7 Å². The van der Waals surface area contributed by atoms with Crippen LogP contribution in [0.5, 0.6) is 0 Å². The molecule has 47 heavy (non-hydrogen) atoms. The van der Waals surface area contributed by atoms with E-state index < -0.39 is 36.3 Å². The highest BCUT2D eigenvalue weighted by molar-refractivity contribution is 8.18. The fraction of sp³-hybridized carbons (Fsp3) is 0.471. The van der Waals surface area contributed by atoms with Gasteiger partial charge in [-0.15, -0.1) is 0 Å². The summed E-state index contributed by atoms with van der Waals surface area (Å²) in [6.07, 6.45) is -0.143. The predicted molar refractivity (Wildman–Crippen MR) is 182 cm³/mol. The number of amides is 3. The number of carbonyl (C=O) groups excluding carboxylic acids is 2. The highest BCUT2D eigenvalue weighted by Gasteiger charge is 2.54. The smallest absolute Gasteiger partial charge is 0.404 e. The average Bonchev–Trinajstić information content (AvgIpc) is 3.77. The van der Waals surface area contributed by atoms with Gasteiger partial charge in [0.15, 0.2) is 5.17 Å². The fourth-order valence-electron chi connectivity index (χ4n) is 7.49. The van der Waals surface area contributed by atoms with E-state index in [1.807, 2.05) is 55.5 Å². The summed E-state index contributed by atoms with van der Waals surface area (Å²) in [5.41, 5.74) is 2.10. The van der Waals surface area contributed by atoms with Crippen LogP contribution >= 0.6 is 35.0 Å². The quantitative estimate of drug-likeness (QED) is 0.334. The highest BCUT2D eigenvalue weighted by Crippen LogP contribution is 2.56. The van der Waals surface area contributed by atoms with Crippen molar-refractivity contribution in [3.05, 3.63) is 80.3 Å². The number of carboxylic acid groups (broad SMARTS) is 1. The maximum absolute atomic E-state index is 14.6. The van der Waals surface area contributed by atoms with Crippen LogP contribution in [0.25, 0.3) is 0 Å². The SMILES string of the molecule is CC(C)C1=C(C(=O)N2[C@H](C)CC[C@H]2C(=O)N2C[C@H](CF)[C@H](NC(=O)O)C2)SC2=N[C@@](C)(c3ccc(Cl)cc3)[C@@H](c3ccc(Cl)cc3)N21. The van der Waals surface area contributed by atoms with Gasteiger partial charge in [-0.25, -0.2) is 9.79 Å². The number of nitrogens with one attached hydrogen (secondary N) is 1. The molecule has 0 aromatic heterocycles. The van der Waals surface area contributed by atoms with Crippen molar-refractivity contribution in [3.63, 3.8) is 0 Å². The highest BCUT2D eigenvalue weighted by atomic mass is 35.5. The summed E-state index contributed by atoms with van der Waals surface area (Å²) in [4.78, 5) is 51.0. The van der Waals surface area contributed by atoms with Gasteiger partial charge in [-0.05, 0) is 79.8 Å². The summed E-state index contributed by atoms with van der Waals surface area (Å²) in [6, 6.07) is 13.5. The first-order valence-electron chi connectivity index (χ1n) is 15.8. The number of hydrogen-bond donors (Lipinski definition) is 2. The molecule has 4 aliphatic heterocycles. The molecule has 2 N–H and O–H groups in total. The molecule has 0 unspecified atom stereocenters. The summed E-state index contributed by atoms with van der Waals surface area (Å²) in [6.45, 7) is 7.55. The number of allylic oxidation sites excluding steroid dienone is 1. The third-order valence-electron chi connectivity index (χ3n) is 9.81. The number of benzene rings is 2. The van der Waals surface area contributed by atoms with E-state index in [0.717, 1.165) is 16.8 Å². The molecule has 13 heteroatoms. The molecule has 2 aromatic rings. The van der Waals surface area contributed by atoms with Crippen LogP contribution < -0.4 is 5.32 Å². The van der Waals surface area contributed by atoms with E-state index in [9.17, 15) is 23.9 Å². The third-order valence-corrected chi connectivity index (χ3v) is 11.4. The van der Waals surface area contributed by atoms with Gasteiger partial charge in [-0.3, -0.25) is 14.0 Å². The van der Waals surface area contributed by atoms with Crippen LogP contribution in [0.2, 0.25) is 10.0 Å². The van der Waals surface area contributed by atoms with Crippen molar-refractivity contribution in [3.8, 4) is 0 Å². The minimum absolute atomic E-state index is 0.0599. The lowest BCUT2D eigenvalue weighted by molar-refractivity contribution is -0.142. The lowest BCUT2D eigenvalue weighted by atomic mass is 9.81. The van der Waals surface area contributed by atoms with Crippen LogP contribution in [-0.2, 0) is 15.1 Å². The number of hydrogen-bond acceptors (Lipinski definition) is 6. The fourth-order valence-corrected chi connectivity index (χ4v) is 9.09. The number of nitrogens with zero attached hydrogens (tertiary/aromatic N) is 4. The van der Waals surface area contributed by atoms with E-state index in [2.05, 4.69) is 31.0 Å². The zero-order valence-corrected chi connectivity index (χ0v) is 28.9. The number of carbonyl (C=O) groups is 3. The van der Waals surface area contributed by atoms with Gasteiger partial charge in [-0.1, -0.05) is 61.3 Å². The first-order chi connectivity index (χ1) is 22.3. The summed E-state index contributed by atoms with van der Waals surface area (Å²) in [7, 11) is 0. The molecule has 250 valence electrons. The van der Waals surface area contributed by atoms with Crippen molar-refractivity contribution < 1.29 is 23.9 Å². The minimum atomic E-state index is -1.26. The van der Waals surface area contributed by atoms with E-state index in [1.54, 1.807) is 4.90 Å². The second-order valence-electron chi connectivity index (χ2n) is 13.2. The van der Waals surface area contributed by atoms with Crippen molar-refractivity contribution in [2.45, 2.75) is 70.2 Å². The zero-order valence-electron chi connectivity index (χ0n) is 26.6. The maximum Gasteiger partial charge on any atom is 0.404 e. The van der Waals surface area contributed by atoms with Gasteiger partial charge in [-0.2, -0.15) is 0 Å². The summed E-state index contributed by atoms with van der Waals surface area (Å²) < 4.78 is 13.8. The molecular formula is C34H38Cl2FN5O4S. The Morgan fingerprint density at radius 2 is 1.70 bits per heavy atom. The molecule has 0 bridgehead atoms. The Hall–Kier alpha value is -3.28. The Kier molecular flexibility index (Phi) is 9.28. The maximum atomic E-state index is 14.6. The van der Waals surface area contributed by atoms with Crippen LogP contribution in [0.4, 0.5) is 9.18 Å². The summed E-state index contributed by atoms with van der Waals surface area (Å²) in [5.74, 6) is -1.21. The Bertz CT molecular complexity index is 1640. The molecule has 6 atom stereocenters. The van der Waals surface area contributed by atoms with Gasteiger partial charge in [0.05, 0.1) is 18.8 Å². The lowest BCUT2D eigenvalue weighted by Gasteiger charge is -2.37. The second-order valence-corrected chi connectivity index (χ2v) is 15.1. The van der Waals surface area contributed by atoms with Crippen LogP contribution in [0, 0.1) is 11.8 Å². The van der Waals surface area contributed by atoms with E-state index in [0.29, 0.717) is 33.0 Å². The average molecular weight is 703 g/mol. The molecule has 0 saturated carbocycles. The largest absolute Gasteiger partial charge is 0.465 e. The van der Waals surface area contributed by atoms with Crippen molar-refractivity contribution in [2.75, 3.05) is 19.8 Å². The van der Waals surface area contributed by atoms with Gasteiger partial charge < -0.3 is 25.1 Å². The molecule has 6 rings (SSSR count). The summed E-state index contributed by atoms with van der Waals surface area (Å²) >= 11 is 13.9. The van der Waals surface area contributed by atoms with Crippen LogP contribution in [0.15, 0.2) is 64.1 Å². The Balaban J connectivity index is 1.35. The van der Waals surface area contributed by atoms with Crippen LogP contribution in [-0.4, -0.2) is 80.8 Å². The molecule has 9 nitrogen and oxygen atoms in total. The molecule has 0 radical (unpaired) electrons. The van der Waals surface area contributed by atoms with E-state index in [-0.39, 0.29) is 42.9 Å². The molecule has 2 fully saturated rings. The van der Waals surface area contributed by atoms with Crippen molar-refractivity contribution in [1.82, 2.24) is 20.0 Å². The van der Waals surface area contributed by atoms with Crippen LogP contribution in [0.3, 0.4) is 0 Å². The van der Waals surface area contributed by atoms with Crippen molar-refractivity contribution >= 4 is 58.0 Å². The number of aliphatic imine (C=N–C) groups is 1. The zero-order chi connectivity index (χ0) is 33.8. The Morgan fingerprint density at radius 3 is 2.30 bits per heavy atom. The normalized spacial score (nSPS) is 28.7. The molecule has 0 spiro atoms. The topological polar surface area (TPSA) is 106 Å². The van der Waals surface area contributed by atoms with Crippen molar-refractivity contribution in [1.29, 1.82) is 0 Å². The number of rotatable bonds is 7. The monoisotopic (exact) mass is 701 g/mol. The van der Waals surface area contributed by atoms with Gasteiger partial charge in [0.25, 0.3) is 5.91 Å². The van der Waals surface area contributed by atoms with Gasteiger partial charge in [0.1, 0.15) is 16.5 Å². The number of likely N-dealkylation sites (tertiary alicyclic amines) is 2. The number of amidine groups is 1. The molecule has 2 aromatic carbocycles. The van der Waals surface area contributed by atoms with Gasteiger partial charge in [0.2, 0.25) is 5.91 Å². The number of thioether (sulfide) groups is 1.